The Morgan fingerprint density at radius 3 is 2.56 bits per heavy atom. The first-order valence-corrected chi connectivity index (χ1v) is 8.18. The minimum absolute atomic E-state index is 0.0271. The van der Waals surface area contributed by atoms with Gasteiger partial charge in [-0.05, 0) is 61.5 Å². The van der Waals surface area contributed by atoms with Crippen LogP contribution in [0.2, 0.25) is 0 Å². The second-order valence-corrected chi connectivity index (χ2v) is 6.92. The topological polar surface area (TPSA) is 26.3 Å². The van der Waals surface area contributed by atoms with Crippen molar-refractivity contribution < 1.29 is 9.53 Å². The highest BCUT2D eigenvalue weighted by atomic mass is 79.9. The molecule has 0 amide bonds. The van der Waals surface area contributed by atoms with Crippen molar-refractivity contribution in [3.8, 4) is 5.75 Å². The zero-order valence-corrected chi connectivity index (χ0v) is 14.5. The van der Waals surface area contributed by atoms with Gasteiger partial charge in [0.15, 0.2) is 6.61 Å². The fourth-order valence-corrected chi connectivity index (χ4v) is 3.98. The van der Waals surface area contributed by atoms with Crippen LogP contribution in [0, 0.1) is 0 Å². The van der Waals surface area contributed by atoms with E-state index < -0.39 is 0 Å². The molecule has 1 aromatic heterocycles. The number of ether oxygens (including phenoxy) is 1. The Labute approximate surface area is 134 Å². The van der Waals surface area contributed by atoms with Crippen LogP contribution in [0.4, 0.5) is 0 Å². The summed E-state index contributed by atoms with van der Waals surface area (Å²) < 4.78 is 8.08. The third-order valence-corrected chi connectivity index (χ3v) is 5.11. The van der Waals surface area contributed by atoms with Crippen molar-refractivity contribution in [2.24, 2.45) is 0 Å². The lowest BCUT2D eigenvalue weighted by Crippen LogP contribution is -2.10. The van der Waals surface area contributed by atoms with Crippen molar-refractivity contribution in [1.82, 2.24) is 0 Å². The second kappa shape index (κ2) is 6.32. The monoisotopic (exact) mass is 452 g/mol. The molecule has 0 atom stereocenters. The maximum absolute atomic E-state index is 11.9. The molecule has 2 nitrogen and oxygen atoms in total. The fraction of sp³-hybridized carbons (Fsp3) is 0.0833. The predicted octanol–water partition coefficient (Wildman–Crippen LogP) is 5.30. The molecule has 0 saturated carbocycles. The Morgan fingerprint density at radius 1 is 1.17 bits per heavy atom. The van der Waals surface area contributed by atoms with Crippen LogP contribution in [-0.4, -0.2) is 12.4 Å². The summed E-state index contributed by atoms with van der Waals surface area (Å²) in [5.41, 5.74) is 0. The van der Waals surface area contributed by atoms with E-state index in [-0.39, 0.29) is 12.4 Å². The summed E-state index contributed by atoms with van der Waals surface area (Å²) in [7, 11) is 0. The quantitative estimate of drug-likeness (QED) is 0.586. The number of thiophene rings is 1. The van der Waals surface area contributed by atoms with Gasteiger partial charge in [-0.25, -0.2) is 0 Å². The lowest BCUT2D eigenvalue weighted by atomic mass is 10.3. The van der Waals surface area contributed by atoms with E-state index in [1.54, 1.807) is 0 Å². The number of halogens is 3. The molecule has 0 radical (unpaired) electrons. The molecule has 0 aliphatic carbocycles. The molecule has 18 heavy (non-hydrogen) atoms. The van der Waals surface area contributed by atoms with Gasteiger partial charge in [-0.15, -0.1) is 11.3 Å². The van der Waals surface area contributed by atoms with Gasteiger partial charge in [0.25, 0.3) is 0 Å². The number of carbonyl (C=O) groups is 1. The maximum Gasteiger partial charge on any atom is 0.211 e. The van der Waals surface area contributed by atoms with Crippen LogP contribution in [-0.2, 0) is 0 Å². The number of ketones is 1. The van der Waals surface area contributed by atoms with Gasteiger partial charge in [-0.1, -0.05) is 15.9 Å². The Bertz CT molecular complexity index is 580. The molecular formula is C12H7Br3O2S. The molecule has 1 heterocycles. The Balaban J connectivity index is 2.04. The summed E-state index contributed by atoms with van der Waals surface area (Å²) in [4.78, 5) is 12.6. The number of carbonyl (C=O) groups excluding carboxylic acids is 1. The molecule has 0 aliphatic heterocycles. The van der Waals surface area contributed by atoms with Crippen molar-refractivity contribution in [3.05, 3.63) is 47.9 Å². The largest absolute Gasteiger partial charge is 0.484 e. The summed E-state index contributed by atoms with van der Waals surface area (Å²) in [6, 6.07) is 7.41. The van der Waals surface area contributed by atoms with Crippen molar-refractivity contribution in [3.63, 3.8) is 0 Å². The summed E-state index contributed by atoms with van der Waals surface area (Å²) in [5.74, 6) is 0.617. The number of hydrogen-bond acceptors (Lipinski definition) is 3. The highest BCUT2D eigenvalue weighted by molar-refractivity contribution is 9.11. The van der Waals surface area contributed by atoms with Crippen LogP contribution in [0.25, 0.3) is 0 Å². The average molecular weight is 455 g/mol. The van der Waals surface area contributed by atoms with E-state index >= 15 is 0 Å². The average Bonchev–Trinajstić information content (AvgIpc) is 2.74. The van der Waals surface area contributed by atoms with Gasteiger partial charge in [0.2, 0.25) is 5.78 Å². The van der Waals surface area contributed by atoms with E-state index in [9.17, 15) is 4.79 Å². The number of hydrogen-bond donors (Lipinski definition) is 0. The molecule has 0 spiro atoms. The molecule has 0 fully saturated rings. The van der Waals surface area contributed by atoms with Gasteiger partial charge >= 0.3 is 0 Å². The predicted molar refractivity (Wildman–Crippen MR) is 83.7 cm³/mol. The first-order valence-electron chi connectivity index (χ1n) is 4.92. The second-order valence-electron chi connectivity index (χ2n) is 3.38. The van der Waals surface area contributed by atoms with Crippen LogP contribution < -0.4 is 4.74 Å². The lowest BCUT2D eigenvalue weighted by molar-refractivity contribution is 0.0924. The minimum atomic E-state index is -0.0355. The van der Waals surface area contributed by atoms with Crippen molar-refractivity contribution in [1.29, 1.82) is 0 Å². The number of benzene rings is 1. The van der Waals surface area contributed by atoms with E-state index in [2.05, 4.69) is 47.8 Å². The molecule has 6 heteroatoms. The lowest BCUT2D eigenvalue weighted by Gasteiger charge is -2.07. The Kier molecular flexibility index (Phi) is 5.00. The third-order valence-electron chi connectivity index (χ3n) is 2.12. The molecule has 0 aliphatic rings. The number of Topliss-reactive ketones (excluding diaryl/α,β-unsaturated/α-hetero) is 1. The summed E-state index contributed by atoms with van der Waals surface area (Å²) in [6.45, 7) is 0.0271. The van der Waals surface area contributed by atoms with E-state index in [4.69, 9.17) is 4.74 Å². The fourth-order valence-electron chi connectivity index (χ4n) is 1.29. The molecule has 0 bridgehead atoms. The van der Waals surface area contributed by atoms with Gasteiger partial charge < -0.3 is 4.74 Å². The molecule has 0 unspecified atom stereocenters. The van der Waals surface area contributed by atoms with Crippen LogP contribution in [0.3, 0.4) is 0 Å². The maximum atomic E-state index is 11.9. The number of rotatable bonds is 4. The highest BCUT2D eigenvalue weighted by Gasteiger charge is 2.13. The van der Waals surface area contributed by atoms with Gasteiger partial charge in [0.05, 0.1) is 9.35 Å². The third kappa shape index (κ3) is 3.44. The summed E-state index contributed by atoms with van der Waals surface area (Å²) in [6.07, 6.45) is 0. The molecule has 2 aromatic rings. The highest BCUT2D eigenvalue weighted by Crippen LogP contribution is 2.29. The first kappa shape index (κ1) is 14.2. The van der Waals surface area contributed by atoms with Crippen molar-refractivity contribution in [2.45, 2.75) is 0 Å². The Hall–Kier alpha value is -0.170. The molecule has 1 aromatic carbocycles. The minimum Gasteiger partial charge on any atom is -0.484 e. The van der Waals surface area contributed by atoms with Crippen LogP contribution in [0.1, 0.15) is 9.67 Å². The smallest absolute Gasteiger partial charge is 0.211 e. The molecule has 0 N–H and O–H groups in total. The Morgan fingerprint density at radius 2 is 1.94 bits per heavy atom. The van der Waals surface area contributed by atoms with Crippen LogP contribution >= 0.6 is 59.1 Å². The van der Waals surface area contributed by atoms with Gasteiger partial charge in [-0.2, -0.15) is 0 Å². The summed E-state index contributed by atoms with van der Waals surface area (Å²) in [5, 5.41) is 1.87. The molecular weight excluding hydrogens is 448 g/mol. The molecule has 94 valence electrons. The SMILES string of the molecule is O=C(COc1ccc(Br)cc1Br)c1sccc1Br. The normalized spacial score (nSPS) is 10.4. The van der Waals surface area contributed by atoms with Crippen molar-refractivity contribution >= 4 is 64.9 Å². The first-order chi connectivity index (χ1) is 8.58. The van der Waals surface area contributed by atoms with Gasteiger partial charge in [0, 0.05) is 8.95 Å². The van der Waals surface area contributed by atoms with E-state index in [0.29, 0.717) is 10.6 Å². The zero-order chi connectivity index (χ0) is 13.1. The van der Waals surface area contributed by atoms with Crippen LogP contribution in [0.15, 0.2) is 43.1 Å². The van der Waals surface area contributed by atoms with Gasteiger partial charge in [0.1, 0.15) is 5.75 Å². The van der Waals surface area contributed by atoms with Crippen LogP contribution in [0.5, 0.6) is 5.75 Å². The van der Waals surface area contributed by atoms with E-state index in [1.165, 1.54) is 11.3 Å². The van der Waals surface area contributed by atoms with E-state index in [0.717, 1.165) is 13.4 Å². The van der Waals surface area contributed by atoms with Gasteiger partial charge in [-0.3, -0.25) is 4.79 Å². The van der Waals surface area contributed by atoms with E-state index in [1.807, 2.05) is 29.6 Å². The zero-order valence-electron chi connectivity index (χ0n) is 8.95. The molecule has 0 saturated heterocycles. The standard InChI is InChI=1S/C12H7Br3O2S/c13-7-1-2-11(9(15)5-7)17-6-10(16)12-8(14)3-4-18-12/h1-5H,6H2. The van der Waals surface area contributed by atoms with Crippen molar-refractivity contribution in [2.75, 3.05) is 6.61 Å². The molecule has 2 rings (SSSR count). The summed E-state index contributed by atoms with van der Waals surface area (Å²) >= 11 is 11.5.